The van der Waals surface area contributed by atoms with Crippen LogP contribution in [0.5, 0.6) is 0 Å². The lowest BCUT2D eigenvalue weighted by atomic mass is 9.87. The second kappa shape index (κ2) is 3.68. The molecule has 4 heteroatoms. The van der Waals surface area contributed by atoms with Gasteiger partial charge in [0.25, 0.3) is 0 Å². The minimum atomic E-state index is 0.0557. The molecular weight excluding hydrogens is 238 g/mol. The zero-order valence-corrected chi connectivity index (χ0v) is 10.00. The number of ketones is 1. The lowest BCUT2D eigenvalue weighted by Crippen LogP contribution is -2.15. The summed E-state index contributed by atoms with van der Waals surface area (Å²) in [5.74, 6) is 0.0557. The van der Waals surface area contributed by atoms with Crippen LogP contribution in [0.4, 0.5) is 0 Å². The lowest BCUT2D eigenvalue weighted by molar-refractivity contribution is 0.0991. The highest BCUT2D eigenvalue weighted by molar-refractivity contribution is 6.07. The molecule has 3 aromatic rings. The fourth-order valence-corrected chi connectivity index (χ4v) is 2.59. The fourth-order valence-electron chi connectivity index (χ4n) is 2.59. The van der Waals surface area contributed by atoms with Crippen molar-refractivity contribution in [2.45, 2.75) is 6.42 Å². The number of carbonyl (C=O) groups is 1. The van der Waals surface area contributed by atoms with Gasteiger partial charge in [-0.3, -0.25) is 4.79 Å². The maximum atomic E-state index is 12.1. The van der Waals surface area contributed by atoms with Crippen LogP contribution < -0.4 is 0 Å². The number of Topliss-reactive ketones (excluding diaryl/α,β-unsaturated/α-hetero) is 1. The molecule has 0 N–H and O–H groups in total. The highest BCUT2D eigenvalue weighted by Crippen LogP contribution is 2.33. The van der Waals surface area contributed by atoms with Crippen molar-refractivity contribution in [2.24, 2.45) is 0 Å². The Morgan fingerprint density at radius 3 is 2.63 bits per heavy atom. The first-order valence-corrected chi connectivity index (χ1v) is 6.06. The quantitative estimate of drug-likeness (QED) is 0.612. The number of fused-ring (bicyclic) bond motifs is 4. The summed E-state index contributed by atoms with van der Waals surface area (Å²) in [7, 11) is 0. The van der Waals surface area contributed by atoms with Crippen LogP contribution in [0.25, 0.3) is 22.0 Å². The number of carbonyl (C=O) groups excluding carboxylic acids is 1. The summed E-state index contributed by atoms with van der Waals surface area (Å²) in [6.45, 7) is 0. The van der Waals surface area contributed by atoms with Gasteiger partial charge in [0.1, 0.15) is 5.69 Å². The monoisotopic (exact) mass is 247 g/mol. The molecule has 0 spiro atoms. The van der Waals surface area contributed by atoms with E-state index in [0.29, 0.717) is 17.7 Å². The predicted octanol–water partition coefficient (Wildman–Crippen LogP) is 2.43. The van der Waals surface area contributed by atoms with E-state index in [4.69, 9.17) is 0 Å². The topological polar surface area (TPSA) is 55.7 Å². The molecule has 1 aliphatic rings. The molecule has 0 atom stereocenters. The minimum Gasteiger partial charge on any atom is -0.294 e. The lowest BCUT2D eigenvalue weighted by Gasteiger charge is -2.17. The van der Waals surface area contributed by atoms with Crippen molar-refractivity contribution < 1.29 is 4.79 Å². The van der Waals surface area contributed by atoms with Gasteiger partial charge in [0, 0.05) is 12.0 Å². The summed E-state index contributed by atoms with van der Waals surface area (Å²) in [4.78, 5) is 12.1. The van der Waals surface area contributed by atoms with Crippen LogP contribution in [0, 0.1) is 0 Å². The molecular formula is C15H9N3O. The first-order chi connectivity index (χ1) is 9.33. The third-order valence-corrected chi connectivity index (χ3v) is 3.52. The zero-order valence-electron chi connectivity index (χ0n) is 10.00. The summed E-state index contributed by atoms with van der Waals surface area (Å²) in [6, 6.07) is 12.2. The van der Waals surface area contributed by atoms with Crippen molar-refractivity contribution in [1.29, 1.82) is 0 Å². The zero-order chi connectivity index (χ0) is 12.8. The van der Waals surface area contributed by atoms with Crippen molar-refractivity contribution in [3.05, 3.63) is 53.7 Å². The summed E-state index contributed by atoms with van der Waals surface area (Å²) >= 11 is 0. The highest BCUT2D eigenvalue weighted by Gasteiger charge is 2.24. The first-order valence-electron chi connectivity index (χ1n) is 6.06. The van der Waals surface area contributed by atoms with Crippen molar-refractivity contribution in [3.8, 4) is 11.3 Å². The molecule has 0 amide bonds. The van der Waals surface area contributed by atoms with Crippen LogP contribution >= 0.6 is 0 Å². The normalized spacial score (nSPS) is 13.2. The van der Waals surface area contributed by atoms with Crippen LogP contribution in [0.1, 0.15) is 15.9 Å². The van der Waals surface area contributed by atoms with E-state index in [0.717, 1.165) is 21.9 Å². The minimum absolute atomic E-state index is 0.0557. The molecule has 0 unspecified atom stereocenters. The van der Waals surface area contributed by atoms with Crippen LogP contribution in [-0.2, 0) is 6.42 Å². The van der Waals surface area contributed by atoms with Crippen LogP contribution in [0.3, 0.4) is 0 Å². The molecule has 1 heterocycles. The Balaban J connectivity index is 2.09. The molecule has 1 aliphatic carbocycles. The summed E-state index contributed by atoms with van der Waals surface area (Å²) in [5.41, 5.74) is 3.21. The van der Waals surface area contributed by atoms with E-state index in [1.54, 1.807) is 0 Å². The summed E-state index contributed by atoms with van der Waals surface area (Å²) in [6.07, 6.45) is 1.91. The van der Waals surface area contributed by atoms with Crippen molar-refractivity contribution in [2.75, 3.05) is 0 Å². The smallest absolute Gasteiger partial charge is 0.171 e. The second-order valence-corrected chi connectivity index (χ2v) is 4.65. The average molecular weight is 247 g/mol. The van der Waals surface area contributed by atoms with E-state index < -0.39 is 0 Å². The van der Waals surface area contributed by atoms with Gasteiger partial charge in [0.2, 0.25) is 0 Å². The number of aromatic nitrogens is 3. The molecule has 19 heavy (non-hydrogen) atoms. The Kier molecular flexibility index (Phi) is 2.00. The molecule has 0 fully saturated rings. The number of nitrogens with zero attached hydrogens (tertiary/aromatic N) is 3. The number of benzene rings is 2. The molecule has 0 aliphatic heterocycles. The van der Waals surface area contributed by atoms with Crippen LogP contribution in [0.2, 0.25) is 0 Å². The van der Waals surface area contributed by atoms with Gasteiger partial charge in [-0.1, -0.05) is 30.3 Å². The fraction of sp³-hybridized carbons (Fsp3) is 0.0667. The third kappa shape index (κ3) is 1.46. The van der Waals surface area contributed by atoms with Gasteiger partial charge in [0.15, 0.2) is 5.78 Å². The molecule has 0 bridgehead atoms. The van der Waals surface area contributed by atoms with Gasteiger partial charge in [-0.25, -0.2) is 0 Å². The van der Waals surface area contributed by atoms with E-state index in [-0.39, 0.29) is 5.78 Å². The maximum absolute atomic E-state index is 12.1. The summed E-state index contributed by atoms with van der Waals surface area (Å²) in [5, 5.41) is 13.7. The van der Waals surface area contributed by atoms with Gasteiger partial charge in [0.05, 0.1) is 11.8 Å². The number of rotatable bonds is 0. The number of hydrogen-bond acceptors (Lipinski definition) is 4. The Labute approximate surface area is 109 Å². The Bertz CT molecular complexity index is 826. The molecule has 2 aromatic carbocycles. The van der Waals surface area contributed by atoms with Gasteiger partial charge in [-0.05, 0) is 27.6 Å². The Morgan fingerprint density at radius 2 is 1.79 bits per heavy atom. The second-order valence-electron chi connectivity index (χ2n) is 4.65. The van der Waals surface area contributed by atoms with Crippen molar-refractivity contribution >= 4 is 16.6 Å². The maximum Gasteiger partial charge on any atom is 0.171 e. The van der Waals surface area contributed by atoms with Crippen LogP contribution in [0.15, 0.2) is 42.6 Å². The first kappa shape index (κ1) is 10.3. The van der Waals surface area contributed by atoms with E-state index in [1.807, 2.05) is 18.2 Å². The third-order valence-electron chi connectivity index (χ3n) is 3.52. The predicted molar refractivity (Wildman–Crippen MR) is 70.8 cm³/mol. The highest BCUT2D eigenvalue weighted by atomic mass is 16.1. The molecule has 90 valence electrons. The van der Waals surface area contributed by atoms with Gasteiger partial charge in [-0.15, -0.1) is 10.2 Å². The van der Waals surface area contributed by atoms with Crippen molar-refractivity contribution in [1.82, 2.24) is 15.4 Å². The van der Waals surface area contributed by atoms with Crippen LogP contribution in [-0.4, -0.2) is 21.2 Å². The molecule has 1 aromatic heterocycles. The van der Waals surface area contributed by atoms with E-state index in [1.165, 1.54) is 6.20 Å². The largest absolute Gasteiger partial charge is 0.294 e. The van der Waals surface area contributed by atoms with E-state index in [9.17, 15) is 4.79 Å². The van der Waals surface area contributed by atoms with Gasteiger partial charge in [-0.2, -0.15) is 0 Å². The molecule has 0 radical (unpaired) electrons. The summed E-state index contributed by atoms with van der Waals surface area (Å²) < 4.78 is 0. The van der Waals surface area contributed by atoms with Gasteiger partial charge >= 0.3 is 0 Å². The van der Waals surface area contributed by atoms with E-state index >= 15 is 0 Å². The average Bonchev–Trinajstić information content (AvgIpc) is 2.46. The number of hydrogen-bond donors (Lipinski definition) is 0. The SMILES string of the molecule is O=C1Cc2cc3ccccc3cc2-c2nnncc21. The molecule has 0 saturated heterocycles. The standard InChI is InChI=1S/C15H9N3O/c19-14-7-11-5-9-3-1-2-4-10(9)6-12(11)15-13(14)8-16-18-17-15/h1-6,8H,7H2. The molecule has 0 saturated carbocycles. The molecule has 4 nitrogen and oxygen atoms in total. The van der Waals surface area contributed by atoms with Gasteiger partial charge < -0.3 is 0 Å². The molecule has 4 rings (SSSR count). The Hall–Kier alpha value is -2.62. The van der Waals surface area contributed by atoms with Crippen molar-refractivity contribution in [3.63, 3.8) is 0 Å². The van der Waals surface area contributed by atoms with E-state index in [2.05, 4.69) is 33.6 Å². The Morgan fingerprint density at radius 1 is 1.00 bits per heavy atom.